The van der Waals surface area contributed by atoms with Crippen LogP contribution in [0.3, 0.4) is 0 Å². The molecule has 4 aromatic carbocycles. The summed E-state index contributed by atoms with van der Waals surface area (Å²) < 4.78 is 0. The Hall–Kier alpha value is -4.17. The highest BCUT2D eigenvalue weighted by atomic mass is 15.2. The van der Waals surface area contributed by atoms with Gasteiger partial charge in [-0.3, -0.25) is 4.98 Å². The molecule has 2 nitrogen and oxygen atoms in total. The molecule has 0 saturated carbocycles. The molecule has 2 aliphatic carbocycles. The smallest absolute Gasteiger partial charge is 0.0680 e. The molecule has 0 radical (unpaired) electrons. The van der Waals surface area contributed by atoms with Gasteiger partial charge in [-0.05, 0) is 97.8 Å². The van der Waals surface area contributed by atoms with Gasteiger partial charge < -0.3 is 4.90 Å². The molecule has 0 bridgehead atoms. The summed E-state index contributed by atoms with van der Waals surface area (Å²) in [5.74, 6) is 0. The van der Waals surface area contributed by atoms with E-state index in [0.29, 0.717) is 0 Å². The molecule has 0 amide bonds. The lowest BCUT2D eigenvalue weighted by molar-refractivity contribution is 0.985. The van der Waals surface area contributed by atoms with Crippen LogP contribution in [0.1, 0.15) is 44.5 Å². The molecule has 0 atom stereocenters. The van der Waals surface area contributed by atoms with E-state index >= 15 is 0 Å². The number of hydrogen-bond donors (Lipinski definition) is 0. The van der Waals surface area contributed by atoms with Gasteiger partial charge in [-0.15, -0.1) is 0 Å². The van der Waals surface area contributed by atoms with Crippen LogP contribution in [0.2, 0.25) is 0 Å². The quantitative estimate of drug-likeness (QED) is 0.240. The average molecular weight is 447 g/mol. The van der Waals surface area contributed by atoms with E-state index in [0.717, 1.165) is 25.7 Å². The SMILES string of the molecule is c1ccc2c(c1)Cc1c-2cc2c3c1Cc1ccncc1N3c1ccc3c(c1C2)-c1ccccc1C3. The van der Waals surface area contributed by atoms with Crippen LogP contribution in [-0.2, 0) is 25.7 Å². The summed E-state index contributed by atoms with van der Waals surface area (Å²) in [6, 6.07) is 27.4. The molecule has 0 spiro atoms. The third kappa shape index (κ3) is 2.23. The first-order valence-electron chi connectivity index (χ1n) is 12.6. The summed E-state index contributed by atoms with van der Waals surface area (Å²) in [5.41, 5.74) is 21.4. The predicted molar refractivity (Wildman–Crippen MR) is 141 cm³/mol. The number of benzene rings is 4. The van der Waals surface area contributed by atoms with Crippen LogP contribution in [0.25, 0.3) is 22.3 Å². The summed E-state index contributed by atoms with van der Waals surface area (Å²) in [6.07, 6.45) is 8.06. The molecule has 164 valence electrons. The van der Waals surface area contributed by atoms with Crippen molar-refractivity contribution in [3.8, 4) is 22.3 Å². The fourth-order valence-electron chi connectivity index (χ4n) is 7.20. The molecule has 9 rings (SSSR count). The lowest BCUT2D eigenvalue weighted by Gasteiger charge is -2.40. The van der Waals surface area contributed by atoms with E-state index in [4.69, 9.17) is 0 Å². The molecule has 5 aromatic rings. The number of anilines is 3. The highest BCUT2D eigenvalue weighted by molar-refractivity contribution is 5.97. The van der Waals surface area contributed by atoms with Gasteiger partial charge in [-0.25, -0.2) is 0 Å². The Labute approximate surface area is 204 Å². The molecule has 1 aromatic heterocycles. The van der Waals surface area contributed by atoms with Crippen molar-refractivity contribution in [3.05, 3.63) is 130 Å². The third-order valence-electron chi connectivity index (χ3n) is 8.64. The summed E-state index contributed by atoms with van der Waals surface area (Å²) >= 11 is 0. The monoisotopic (exact) mass is 446 g/mol. The van der Waals surface area contributed by atoms with E-state index in [2.05, 4.69) is 88.9 Å². The van der Waals surface area contributed by atoms with Gasteiger partial charge in [0.1, 0.15) is 0 Å². The topological polar surface area (TPSA) is 16.1 Å². The maximum Gasteiger partial charge on any atom is 0.0680 e. The Morgan fingerprint density at radius 1 is 0.543 bits per heavy atom. The average Bonchev–Trinajstić information content (AvgIpc) is 3.47. The molecule has 0 unspecified atom stereocenters. The molecule has 0 N–H and O–H groups in total. The summed E-state index contributed by atoms with van der Waals surface area (Å²) in [5, 5.41) is 0. The van der Waals surface area contributed by atoms with E-state index in [9.17, 15) is 0 Å². The molecular formula is C33H22N2. The van der Waals surface area contributed by atoms with Crippen molar-refractivity contribution < 1.29 is 0 Å². The largest absolute Gasteiger partial charge is 0.308 e. The Morgan fingerprint density at radius 2 is 1.31 bits per heavy atom. The van der Waals surface area contributed by atoms with E-state index in [-0.39, 0.29) is 0 Å². The Morgan fingerprint density at radius 3 is 2.23 bits per heavy atom. The molecule has 4 aliphatic rings. The van der Waals surface area contributed by atoms with Crippen LogP contribution in [0.5, 0.6) is 0 Å². The highest BCUT2D eigenvalue weighted by Gasteiger charge is 2.38. The fourth-order valence-corrected chi connectivity index (χ4v) is 7.20. The normalized spacial score (nSPS) is 14.9. The minimum Gasteiger partial charge on any atom is -0.308 e. The van der Waals surface area contributed by atoms with Crippen LogP contribution in [0.4, 0.5) is 17.1 Å². The Balaban J connectivity index is 1.37. The van der Waals surface area contributed by atoms with Gasteiger partial charge in [-0.2, -0.15) is 0 Å². The number of nitrogens with zero attached hydrogens (tertiary/aromatic N) is 2. The number of hydrogen-bond acceptors (Lipinski definition) is 2. The zero-order valence-electron chi connectivity index (χ0n) is 19.3. The van der Waals surface area contributed by atoms with Gasteiger partial charge in [0, 0.05) is 19.0 Å². The second-order valence-corrected chi connectivity index (χ2v) is 10.3. The molecule has 35 heavy (non-hydrogen) atoms. The Kier molecular flexibility index (Phi) is 3.27. The van der Waals surface area contributed by atoms with Crippen molar-refractivity contribution in [2.45, 2.75) is 25.7 Å². The third-order valence-corrected chi connectivity index (χ3v) is 8.64. The van der Waals surface area contributed by atoms with E-state index < -0.39 is 0 Å². The lowest BCUT2D eigenvalue weighted by atomic mass is 9.81. The standard InChI is InChI=1S/C33H22N2/c1-3-7-24-20(6-1)14-27-26(24)16-23-17-29-30(10-9-22-13-19-5-2-4-8-25(19)32(22)29)35-31-18-34-12-11-21(31)15-28(27)33(23)35/h1-12,16,18H,13-15,17H2. The summed E-state index contributed by atoms with van der Waals surface area (Å²) in [7, 11) is 0. The number of aromatic nitrogens is 1. The molecule has 2 aliphatic heterocycles. The second kappa shape index (κ2) is 6.28. The number of fused-ring (bicyclic) bond motifs is 12. The van der Waals surface area contributed by atoms with Gasteiger partial charge in [0.15, 0.2) is 0 Å². The first-order chi connectivity index (χ1) is 17.3. The Bertz CT molecular complexity index is 1760. The highest BCUT2D eigenvalue weighted by Crippen LogP contribution is 2.56. The summed E-state index contributed by atoms with van der Waals surface area (Å²) in [6.45, 7) is 0. The van der Waals surface area contributed by atoms with Crippen molar-refractivity contribution in [1.29, 1.82) is 0 Å². The maximum atomic E-state index is 4.57. The van der Waals surface area contributed by atoms with Crippen LogP contribution in [-0.4, -0.2) is 4.98 Å². The van der Waals surface area contributed by atoms with Crippen molar-refractivity contribution >= 4 is 17.1 Å². The van der Waals surface area contributed by atoms with Crippen LogP contribution in [0, 0.1) is 0 Å². The summed E-state index contributed by atoms with van der Waals surface area (Å²) in [4.78, 5) is 7.11. The van der Waals surface area contributed by atoms with Gasteiger partial charge in [0.25, 0.3) is 0 Å². The molecule has 0 saturated heterocycles. The van der Waals surface area contributed by atoms with E-state index in [1.165, 1.54) is 83.8 Å². The molecule has 3 heterocycles. The van der Waals surface area contributed by atoms with Crippen LogP contribution < -0.4 is 4.90 Å². The van der Waals surface area contributed by atoms with Gasteiger partial charge in [0.2, 0.25) is 0 Å². The first kappa shape index (κ1) is 18.2. The lowest BCUT2D eigenvalue weighted by Crippen LogP contribution is -2.26. The van der Waals surface area contributed by atoms with Crippen molar-refractivity contribution in [2.24, 2.45) is 0 Å². The van der Waals surface area contributed by atoms with Crippen molar-refractivity contribution in [3.63, 3.8) is 0 Å². The minimum absolute atomic E-state index is 0.983. The van der Waals surface area contributed by atoms with Gasteiger partial charge in [-0.1, -0.05) is 54.6 Å². The fraction of sp³-hybridized carbons (Fsp3) is 0.121. The van der Waals surface area contributed by atoms with E-state index in [1.807, 2.05) is 6.20 Å². The molecule has 2 heteroatoms. The van der Waals surface area contributed by atoms with Crippen molar-refractivity contribution in [2.75, 3.05) is 4.90 Å². The first-order valence-corrected chi connectivity index (χ1v) is 12.6. The van der Waals surface area contributed by atoms with Gasteiger partial charge in [0.05, 0.1) is 23.3 Å². The van der Waals surface area contributed by atoms with Gasteiger partial charge >= 0.3 is 0 Å². The molecular weight excluding hydrogens is 424 g/mol. The maximum absolute atomic E-state index is 4.57. The van der Waals surface area contributed by atoms with Crippen LogP contribution >= 0.6 is 0 Å². The minimum atomic E-state index is 0.983. The van der Waals surface area contributed by atoms with Crippen molar-refractivity contribution in [1.82, 2.24) is 4.98 Å². The second-order valence-electron chi connectivity index (χ2n) is 10.3. The van der Waals surface area contributed by atoms with Crippen LogP contribution in [0.15, 0.2) is 85.2 Å². The zero-order chi connectivity index (χ0) is 22.7. The number of pyridine rings is 1. The predicted octanol–water partition coefficient (Wildman–Crippen LogP) is 7.50. The zero-order valence-corrected chi connectivity index (χ0v) is 19.3. The molecule has 0 fully saturated rings. The van der Waals surface area contributed by atoms with E-state index in [1.54, 1.807) is 0 Å². The number of rotatable bonds is 0.